The summed E-state index contributed by atoms with van der Waals surface area (Å²) in [4.78, 5) is 72.4. The number of alkyl carbamates (subject to hydrolysis) is 1. The van der Waals surface area contributed by atoms with Crippen LogP contribution in [0.5, 0.6) is 0 Å². The lowest BCUT2D eigenvalue weighted by molar-refractivity contribution is -0.142. The molecular formula is C26H42NO12PS2. The first-order chi connectivity index (χ1) is 19.4. The number of phosphoric ester groups is 1. The molecule has 1 aliphatic heterocycles. The van der Waals surface area contributed by atoms with E-state index in [-0.39, 0.29) is 53.4 Å². The zero-order valence-electron chi connectivity index (χ0n) is 25.2. The van der Waals surface area contributed by atoms with Gasteiger partial charge in [0.05, 0.1) is 13.7 Å². The zero-order chi connectivity index (χ0) is 32.1. The Kier molecular flexibility index (Phi) is 15.9. The lowest BCUT2D eigenvalue weighted by atomic mass is 9.84. The van der Waals surface area contributed by atoms with E-state index in [4.69, 9.17) is 18.3 Å². The van der Waals surface area contributed by atoms with Gasteiger partial charge in [0.25, 0.3) is 0 Å². The molecule has 1 rings (SSSR count). The molecule has 1 fully saturated rings. The third-order valence-corrected chi connectivity index (χ3v) is 9.40. The van der Waals surface area contributed by atoms with Crippen molar-refractivity contribution in [3.05, 3.63) is 0 Å². The number of phosphoric acid groups is 1. The van der Waals surface area contributed by atoms with Gasteiger partial charge in [-0.1, -0.05) is 58.1 Å². The van der Waals surface area contributed by atoms with Gasteiger partial charge in [0.2, 0.25) is 6.79 Å². The maximum absolute atomic E-state index is 13.0. The molecule has 0 aromatic rings. The van der Waals surface area contributed by atoms with E-state index in [1.165, 1.54) is 6.92 Å². The van der Waals surface area contributed by atoms with E-state index >= 15 is 0 Å². The smallest absolute Gasteiger partial charge is 0.467 e. The minimum absolute atomic E-state index is 0.00425. The van der Waals surface area contributed by atoms with Crippen molar-refractivity contribution in [3.8, 4) is 0 Å². The molecule has 1 saturated heterocycles. The highest BCUT2D eigenvalue weighted by Gasteiger charge is 2.48. The number of esters is 1. The first-order valence-corrected chi connectivity index (χ1v) is 16.8. The first kappa shape index (κ1) is 38.3. The number of carbonyl (C=O) groups is 6. The molecule has 3 atom stereocenters. The van der Waals surface area contributed by atoms with Crippen LogP contribution in [0.2, 0.25) is 0 Å². The monoisotopic (exact) mass is 655 g/mol. The molecule has 0 radical (unpaired) electrons. The van der Waals surface area contributed by atoms with Gasteiger partial charge in [-0.2, -0.15) is 0 Å². The van der Waals surface area contributed by atoms with Gasteiger partial charge in [-0.3, -0.25) is 28.2 Å². The van der Waals surface area contributed by atoms with Crippen LogP contribution in [0.25, 0.3) is 0 Å². The Hall–Kier alpha value is -1.77. The largest absolute Gasteiger partial charge is 0.478 e. The molecule has 240 valence electrons. The number of thioether (sulfide) groups is 2. The quantitative estimate of drug-likeness (QED) is 0.107. The Bertz CT molecular complexity index is 1040. The Morgan fingerprint density at radius 3 is 2.29 bits per heavy atom. The van der Waals surface area contributed by atoms with Crippen molar-refractivity contribution in [1.82, 2.24) is 5.32 Å². The minimum Gasteiger partial charge on any atom is -0.467 e. The highest BCUT2D eigenvalue weighted by molar-refractivity contribution is 8.13. The van der Waals surface area contributed by atoms with E-state index in [9.17, 15) is 33.3 Å². The van der Waals surface area contributed by atoms with Crippen LogP contribution in [-0.4, -0.2) is 78.0 Å². The van der Waals surface area contributed by atoms with Crippen molar-refractivity contribution >= 4 is 65.2 Å². The number of Topliss-reactive ketones (excluding diaryl/α,β-unsaturated/α-hetero) is 2. The highest BCUT2D eigenvalue weighted by Crippen LogP contribution is 2.57. The molecule has 0 bridgehead atoms. The second-order valence-electron chi connectivity index (χ2n) is 11.2. The summed E-state index contributed by atoms with van der Waals surface area (Å²) in [6.07, 6.45) is -0.905. The van der Waals surface area contributed by atoms with E-state index in [1.54, 1.807) is 34.6 Å². The summed E-state index contributed by atoms with van der Waals surface area (Å²) in [6.45, 7) is 8.96. The molecule has 0 aromatic heterocycles. The second kappa shape index (κ2) is 17.5. The molecule has 0 aromatic carbocycles. The molecule has 1 heterocycles. The number of hydrogen-bond donors (Lipinski definition) is 1. The number of hydrogen-bond acceptors (Lipinski definition) is 14. The van der Waals surface area contributed by atoms with Gasteiger partial charge in [0.1, 0.15) is 17.9 Å². The molecule has 0 spiro atoms. The summed E-state index contributed by atoms with van der Waals surface area (Å²) in [5.74, 6) is -0.738. The maximum Gasteiger partial charge on any atom is 0.478 e. The fraction of sp³-hybridized carbons (Fsp3) is 0.769. The second-order valence-corrected chi connectivity index (χ2v) is 15.1. The van der Waals surface area contributed by atoms with Gasteiger partial charge >= 0.3 is 19.9 Å². The van der Waals surface area contributed by atoms with Crippen molar-refractivity contribution in [1.29, 1.82) is 0 Å². The Balaban J connectivity index is 2.59. The van der Waals surface area contributed by atoms with Gasteiger partial charge < -0.3 is 14.8 Å². The van der Waals surface area contributed by atoms with Crippen molar-refractivity contribution in [3.63, 3.8) is 0 Å². The standard InChI is InChI=1S/C26H42NO12PS2/c1-17(28)41-13-9-11-18(29)10-8-12-20(30)21-26(5,6)15-37-40(34,39-21)38-16-36-24(33)27-19(22(31)35-7)14-42-23(32)25(2,3)4/h19,21H,8-16H2,1-7H3,(H,27,33)/t19-,21-,40?/m0/s1. The SMILES string of the molecule is COC(=O)[C@H](CSC(=O)C(C)(C)C)NC(=O)OCOP1(=O)OCC(C)(C)[C@H](C(=O)CCCC(=O)CCCSC(C)=O)O1. The van der Waals surface area contributed by atoms with Gasteiger partial charge in [0, 0.05) is 48.5 Å². The van der Waals surface area contributed by atoms with Crippen molar-refractivity contribution < 1.29 is 56.4 Å². The van der Waals surface area contributed by atoms with Crippen LogP contribution in [-0.2, 0) is 51.6 Å². The normalized spacial score (nSPS) is 20.7. The number of ether oxygens (including phenoxy) is 2. The van der Waals surface area contributed by atoms with E-state index < -0.39 is 49.7 Å². The Labute approximate surface area is 255 Å². The molecule has 1 aliphatic rings. The van der Waals surface area contributed by atoms with Gasteiger partial charge in [-0.15, -0.1) is 0 Å². The van der Waals surface area contributed by atoms with E-state index in [0.717, 1.165) is 30.6 Å². The van der Waals surface area contributed by atoms with Crippen LogP contribution >= 0.6 is 31.3 Å². The fourth-order valence-corrected chi connectivity index (χ4v) is 6.48. The summed E-state index contributed by atoms with van der Waals surface area (Å²) >= 11 is 2.01. The average molecular weight is 656 g/mol. The van der Waals surface area contributed by atoms with E-state index in [2.05, 4.69) is 10.1 Å². The van der Waals surface area contributed by atoms with Crippen LogP contribution in [0.15, 0.2) is 0 Å². The van der Waals surface area contributed by atoms with E-state index in [0.29, 0.717) is 18.6 Å². The highest BCUT2D eigenvalue weighted by atomic mass is 32.2. The maximum atomic E-state index is 13.0. The third kappa shape index (κ3) is 14.1. The molecule has 16 heteroatoms. The Morgan fingerprint density at radius 2 is 1.69 bits per heavy atom. The van der Waals surface area contributed by atoms with Crippen molar-refractivity contribution in [2.45, 2.75) is 85.8 Å². The van der Waals surface area contributed by atoms with Gasteiger partial charge in [0.15, 0.2) is 16.0 Å². The third-order valence-electron chi connectivity index (χ3n) is 5.79. The molecule has 1 amide bonds. The van der Waals surface area contributed by atoms with Gasteiger partial charge in [-0.05, 0) is 12.8 Å². The molecule has 42 heavy (non-hydrogen) atoms. The molecule has 0 saturated carbocycles. The summed E-state index contributed by atoms with van der Waals surface area (Å²) in [7, 11) is -3.18. The first-order valence-electron chi connectivity index (χ1n) is 13.3. The van der Waals surface area contributed by atoms with Crippen LogP contribution in [0.1, 0.15) is 73.6 Å². The number of carbonyl (C=O) groups excluding carboxylic acids is 6. The lowest BCUT2D eigenvalue weighted by Crippen LogP contribution is -2.45. The summed E-state index contributed by atoms with van der Waals surface area (Å²) in [5.41, 5.74) is -1.51. The zero-order valence-corrected chi connectivity index (χ0v) is 27.7. The molecule has 1 unspecified atom stereocenters. The summed E-state index contributed by atoms with van der Waals surface area (Å²) in [5, 5.41) is 2.06. The topological polar surface area (TPSA) is 178 Å². The number of amides is 1. The van der Waals surface area contributed by atoms with Gasteiger partial charge in [-0.25, -0.2) is 18.7 Å². The Morgan fingerprint density at radius 1 is 1.05 bits per heavy atom. The number of nitrogens with one attached hydrogen (secondary N) is 1. The van der Waals surface area contributed by atoms with Crippen molar-refractivity contribution in [2.24, 2.45) is 10.8 Å². The fourth-order valence-electron chi connectivity index (χ4n) is 3.40. The predicted molar refractivity (Wildman–Crippen MR) is 157 cm³/mol. The van der Waals surface area contributed by atoms with E-state index in [1.807, 2.05) is 0 Å². The van der Waals surface area contributed by atoms with Crippen molar-refractivity contribution in [2.75, 3.05) is 32.0 Å². The summed E-state index contributed by atoms with van der Waals surface area (Å²) in [6, 6.07) is -1.20. The number of methoxy groups -OCH3 is 1. The van der Waals surface area contributed by atoms with Crippen LogP contribution in [0.4, 0.5) is 4.79 Å². The van der Waals surface area contributed by atoms with Crippen LogP contribution in [0, 0.1) is 10.8 Å². The lowest BCUT2D eigenvalue weighted by Gasteiger charge is -2.39. The molecule has 13 nitrogen and oxygen atoms in total. The van der Waals surface area contributed by atoms with Crippen LogP contribution < -0.4 is 5.32 Å². The molecule has 0 aliphatic carbocycles. The minimum atomic E-state index is -4.30. The average Bonchev–Trinajstić information content (AvgIpc) is 2.89. The van der Waals surface area contributed by atoms with Crippen LogP contribution in [0.3, 0.4) is 0 Å². The molecular weight excluding hydrogens is 613 g/mol. The number of ketones is 2. The summed E-state index contributed by atoms with van der Waals surface area (Å²) < 4.78 is 38.3. The molecule has 1 N–H and O–H groups in total. The number of rotatable bonds is 16. The predicted octanol–water partition coefficient (Wildman–Crippen LogP) is 4.45.